The van der Waals surface area contributed by atoms with Crippen LogP contribution in [0.4, 0.5) is 0 Å². The van der Waals surface area contributed by atoms with Crippen molar-refractivity contribution < 1.29 is 14.8 Å². The van der Waals surface area contributed by atoms with E-state index in [1.165, 1.54) is 0 Å². The highest BCUT2D eigenvalue weighted by Crippen LogP contribution is 2.25. The molecular formula is C17H21BO3. The molecule has 4 heteroatoms. The summed E-state index contributed by atoms with van der Waals surface area (Å²) in [5, 5.41) is 18.8. The van der Waals surface area contributed by atoms with Crippen LogP contribution in [0.15, 0.2) is 48.5 Å². The molecule has 2 aromatic rings. The molecule has 0 radical (unpaired) electrons. The molecule has 21 heavy (non-hydrogen) atoms. The van der Waals surface area contributed by atoms with Crippen molar-refractivity contribution in [2.45, 2.75) is 32.8 Å². The van der Waals surface area contributed by atoms with Crippen LogP contribution in [0.25, 0.3) is 0 Å². The minimum Gasteiger partial charge on any atom is -0.489 e. The highest BCUT2D eigenvalue weighted by atomic mass is 16.5. The molecular weight excluding hydrogens is 263 g/mol. The molecule has 0 aromatic heterocycles. The van der Waals surface area contributed by atoms with Gasteiger partial charge in [-0.3, -0.25) is 0 Å². The van der Waals surface area contributed by atoms with Crippen molar-refractivity contribution in [1.82, 2.24) is 0 Å². The first-order valence-electron chi connectivity index (χ1n) is 7.04. The van der Waals surface area contributed by atoms with Crippen LogP contribution in [-0.2, 0) is 12.0 Å². The Balaban J connectivity index is 2.24. The summed E-state index contributed by atoms with van der Waals surface area (Å²) < 4.78 is 5.80. The van der Waals surface area contributed by atoms with Crippen LogP contribution in [0.1, 0.15) is 31.9 Å². The molecule has 0 fully saturated rings. The Morgan fingerprint density at radius 3 is 2.24 bits per heavy atom. The molecule has 2 aromatic carbocycles. The fourth-order valence-corrected chi connectivity index (χ4v) is 2.03. The summed E-state index contributed by atoms with van der Waals surface area (Å²) in [6.07, 6.45) is 0. The number of hydrogen-bond acceptors (Lipinski definition) is 3. The largest absolute Gasteiger partial charge is 0.489 e. The first-order valence-corrected chi connectivity index (χ1v) is 7.04. The van der Waals surface area contributed by atoms with Gasteiger partial charge in [-0.15, -0.1) is 0 Å². The van der Waals surface area contributed by atoms with E-state index in [1.54, 1.807) is 12.1 Å². The molecule has 0 aliphatic rings. The van der Waals surface area contributed by atoms with Gasteiger partial charge in [0.25, 0.3) is 0 Å². The molecule has 110 valence electrons. The second kappa shape index (κ2) is 6.33. The van der Waals surface area contributed by atoms with Gasteiger partial charge >= 0.3 is 7.12 Å². The van der Waals surface area contributed by atoms with Crippen LogP contribution in [0.2, 0.25) is 0 Å². The first kappa shape index (κ1) is 15.6. The third kappa shape index (κ3) is 4.35. The van der Waals surface area contributed by atoms with Crippen LogP contribution in [-0.4, -0.2) is 17.2 Å². The van der Waals surface area contributed by atoms with Gasteiger partial charge in [0.05, 0.1) is 0 Å². The number of rotatable bonds is 4. The van der Waals surface area contributed by atoms with Gasteiger partial charge in [-0.25, -0.2) is 0 Å². The zero-order valence-corrected chi connectivity index (χ0v) is 12.7. The highest BCUT2D eigenvalue weighted by Gasteiger charge is 2.20. The van der Waals surface area contributed by atoms with Gasteiger partial charge < -0.3 is 14.8 Å². The Kier molecular flexibility index (Phi) is 4.71. The molecule has 2 N–H and O–H groups in total. The SMILES string of the molecule is CC(C)(C)c1cc(OCc2ccccc2)cc(B(O)O)c1. The quantitative estimate of drug-likeness (QED) is 0.847. The summed E-state index contributed by atoms with van der Waals surface area (Å²) in [4.78, 5) is 0. The second-order valence-corrected chi connectivity index (χ2v) is 6.19. The van der Waals surface area contributed by atoms with Crippen molar-refractivity contribution in [1.29, 1.82) is 0 Å². The Hall–Kier alpha value is -1.78. The van der Waals surface area contributed by atoms with Crippen molar-refractivity contribution >= 4 is 12.6 Å². The number of benzene rings is 2. The zero-order chi connectivity index (χ0) is 15.5. The maximum Gasteiger partial charge on any atom is 0.488 e. The average Bonchev–Trinajstić information content (AvgIpc) is 2.45. The summed E-state index contributed by atoms with van der Waals surface area (Å²) in [5.74, 6) is 0.648. The van der Waals surface area contributed by atoms with Crippen molar-refractivity contribution in [2.75, 3.05) is 0 Å². The van der Waals surface area contributed by atoms with Gasteiger partial charge in [0.2, 0.25) is 0 Å². The smallest absolute Gasteiger partial charge is 0.488 e. The summed E-state index contributed by atoms with van der Waals surface area (Å²) in [6.45, 7) is 6.69. The van der Waals surface area contributed by atoms with Crippen LogP contribution in [0.3, 0.4) is 0 Å². The molecule has 0 aliphatic heterocycles. The Labute approximate surface area is 126 Å². The highest BCUT2D eigenvalue weighted by molar-refractivity contribution is 6.58. The fourth-order valence-electron chi connectivity index (χ4n) is 2.03. The summed E-state index contributed by atoms with van der Waals surface area (Å²) in [6, 6.07) is 15.3. The summed E-state index contributed by atoms with van der Waals surface area (Å²) in [5.41, 5.74) is 2.45. The molecule has 0 bridgehead atoms. The third-order valence-electron chi connectivity index (χ3n) is 3.34. The van der Waals surface area contributed by atoms with Gasteiger partial charge in [-0.2, -0.15) is 0 Å². The van der Waals surface area contributed by atoms with E-state index < -0.39 is 7.12 Å². The van der Waals surface area contributed by atoms with Gasteiger partial charge in [0, 0.05) is 0 Å². The molecule has 0 aliphatic carbocycles. The Morgan fingerprint density at radius 1 is 1.00 bits per heavy atom. The molecule has 0 heterocycles. The fraction of sp³-hybridized carbons (Fsp3) is 0.294. The second-order valence-electron chi connectivity index (χ2n) is 6.19. The van der Waals surface area contributed by atoms with Crippen LogP contribution in [0.5, 0.6) is 5.75 Å². The molecule has 0 amide bonds. The van der Waals surface area contributed by atoms with Gasteiger partial charge in [-0.05, 0) is 34.1 Å². The lowest BCUT2D eigenvalue weighted by atomic mass is 9.76. The van der Waals surface area contributed by atoms with Crippen molar-refractivity contribution in [2.24, 2.45) is 0 Å². The Bertz CT molecular complexity index is 589. The maximum atomic E-state index is 9.42. The van der Waals surface area contributed by atoms with E-state index in [-0.39, 0.29) is 5.41 Å². The van der Waals surface area contributed by atoms with Crippen LogP contribution in [0, 0.1) is 0 Å². The van der Waals surface area contributed by atoms with Crippen molar-refractivity contribution in [3.63, 3.8) is 0 Å². The van der Waals surface area contributed by atoms with Crippen LogP contribution < -0.4 is 10.2 Å². The van der Waals surface area contributed by atoms with E-state index in [0.29, 0.717) is 17.8 Å². The van der Waals surface area contributed by atoms with Gasteiger partial charge in [-0.1, -0.05) is 57.2 Å². The summed E-state index contributed by atoms with van der Waals surface area (Å²) >= 11 is 0. The molecule has 0 spiro atoms. The lowest BCUT2D eigenvalue weighted by molar-refractivity contribution is 0.305. The topological polar surface area (TPSA) is 49.7 Å². The third-order valence-corrected chi connectivity index (χ3v) is 3.34. The molecule has 2 rings (SSSR count). The number of ether oxygens (including phenoxy) is 1. The molecule has 0 saturated carbocycles. The Morgan fingerprint density at radius 2 is 1.67 bits per heavy atom. The van der Waals surface area contributed by atoms with Crippen molar-refractivity contribution in [3.05, 3.63) is 59.7 Å². The minimum absolute atomic E-state index is 0.0875. The molecule has 0 unspecified atom stereocenters. The van der Waals surface area contributed by atoms with E-state index in [0.717, 1.165) is 11.1 Å². The van der Waals surface area contributed by atoms with Gasteiger partial charge in [0.15, 0.2) is 0 Å². The maximum absolute atomic E-state index is 9.42. The molecule has 0 saturated heterocycles. The van der Waals surface area contributed by atoms with E-state index >= 15 is 0 Å². The van der Waals surface area contributed by atoms with Crippen LogP contribution >= 0.6 is 0 Å². The zero-order valence-electron chi connectivity index (χ0n) is 12.7. The lowest BCUT2D eigenvalue weighted by Crippen LogP contribution is -2.31. The molecule has 3 nitrogen and oxygen atoms in total. The van der Waals surface area contributed by atoms with E-state index in [1.807, 2.05) is 36.4 Å². The molecule has 0 atom stereocenters. The van der Waals surface area contributed by atoms with E-state index in [9.17, 15) is 10.0 Å². The monoisotopic (exact) mass is 284 g/mol. The lowest BCUT2D eigenvalue weighted by Gasteiger charge is -2.21. The predicted molar refractivity (Wildman–Crippen MR) is 85.7 cm³/mol. The van der Waals surface area contributed by atoms with E-state index in [4.69, 9.17) is 4.74 Å². The van der Waals surface area contributed by atoms with Crippen molar-refractivity contribution in [3.8, 4) is 5.75 Å². The van der Waals surface area contributed by atoms with E-state index in [2.05, 4.69) is 20.8 Å². The summed E-state index contributed by atoms with van der Waals surface area (Å²) in [7, 11) is -1.49. The normalized spacial score (nSPS) is 11.3. The minimum atomic E-state index is -1.49. The number of hydrogen-bond donors (Lipinski definition) is 2. The first-order chi connectivity index (χ1) is 9.86. The van der Waals surface area contributed by atoms with Gasteiger partial charge in [0.1, 0.15) is 12.4 Å². The predicted octanol–water partition coefficient (Wildman–Crippen LogP) is 2.24. The standard InChI is InChI=1S/C17H21BO3/c1-17(2,3)14-9-15(18(19)20)11-16(10-14)21-12-13-7-5-4-6-8-13/h4-11,19-20H,12H2,1-3H3. The average molecular weight is 284 g/mol.